The molecule has 4 aromatic rings. The number of anilines is 1. The van der Waals surface area contributed by atoms with Gasteiger partial charge in [0.2, 0.25) is 5.91 Å². The normalized spacial score (nSPS) is 11.1. The molecule has 0 unspecified atom stereocenters. The van der Waals surface area contributed by atoms with Crippen molar-refractivity contribution in [2.75, 3.05) is 11.1 Å². The molecule has 4 rings (SSSR count). The van der Waals surface area contributed by atoms with Crippen molar-refractivity contribution in [3.05, 3.63) is 65.4 Å². The van der Waals surface area contributed by atoms with Gasteiger partial charge in [-0.05, 0) is 44.9 Å². The average molecular weight is 461 g/mol. The van der Waals surface area contributed by atoms with E-state index in [2.05, 4.69) is 58.7 Å². The number of carbonyl (C=O) groups excluding carboxylic acids is 1. The second kappa shape index (κ2) is 9.62. The van der Waals surface area contributed by atoms with Crippen LogP contribution in [-0.2, 0) is 18.4 Å². The van der Waals surface area contributed by atoms with Crippen molar-refractivity contribution in [1.82, 2.24) is 24.5 Å². The van der Waals surface area contributed by atoms with Crippen molar-refractivity contribution < 1.29 is 4.79 Å². The summed E-state index contributed by atoms with van der Waals surface area (Å²) in [6.07, 6.45) is 1.97. The average Bonchev–Trinajstić information content (AvgIpc) is 3.38. The standard InChI is InChI=1S/C25H28N6OS/c1-6-31-24(20-14-30(5)29-23(20)19-11-8-16(2)9-12-19)27-28-25(31)33-15-22(32)26-21-13-17(3)7-10-18(21)4/h7-14H,6,15H2,1-5H3,(H,26,32). The maximum absolute atomic E-state index is 12.6. The van der Waals surface area contributed by atoms with E-state index in [9.17, 15) is 4.79 Å². The summed E-state index contributed by atoms with van der Waals surface area (Å²) in [5, 5.41) is 17.2. The number of hydrogen-bond acceptors (Lipinski definition) is 5. The summed E-state index contributed by atoms with van der Waals surface area (Å²) >= 11 is 1.39. The first-order valence-electron chi connectivity index (χ1n) is 10.9. The molecule has 8 heteroatoms. The van der Waals surface area contributed by atoms with Crippen LogP contribution in [0.3, 0.4) is 0 Å². The SMILES string of the molecule is CCn1c(SCC(=O)Nc2cc(C)ccc2C)nnc1-c1cn(C)nc1-c1ccc(C)cc1. The van der Waals surface area contributed by atoms with Crippen molar-refractivity contribution in [3.63, 3.8) is 0 Å². The lowest BCUT2D eigenvalue weighted by Gasteiger charge is -2.10. The number of rotatable bonds is 7. The molecule has 170 valence electrons. The van der Waals surface area contributed by atoms with Gasteiger partial charge in [-0.2, -0.15) is 5.10 Å². The smallest absolute Gasteiger partial charge is 0.234 e. The summed E-state index contributed by atoms with van der Waals surface area (Å²) < 4.78 is 3.83. The Balaban J connectivity index is 1.55. The molecule has 2 aromatic carbocycles. The predicted molar refractivity (Wildman–Crippen MR) is 133 cm³/mol. The van der Waals surface area contributed by atoms with E-state index in [4.69, 9.17) is 0 Å². The van der Waals surface area contributed by atoms with Gasteiger partial charge >= 0.3 is 0 Å². The van der Waals surface area contributed by atoms with Crippen LogP contribution in [0.25, 0.3) is 22.6 Å². The number of benzene rings is 2. The summed E-state index contributed by atoms with van der Waals surface area (Å²) in [6, 6.07) is 14.3. The van der Waals surface area contributed by atoms with E-state index in [-0.39, 0.29) is 11.7 Å². The molecule has 0 saturated heterocycles. The Labute approximate surface area is 198 Å². The molecule has 0 saturated carbocycles. The summed E-state index contributed by atoms with van der Waals surface area (Å²) in [5.74, 6) is 0.935. The Bertz CT molecular complexity index is 1290. The quantitative estimate of drug-likeness (QED) is 0.392. The molecule has 0 radical (unpaired) electrons. The lowest BCUT2D eigenvalue weighted by atomic mass is 10.1. The number of aryl methyl sites for hydroxylation is 4. The van der Waals surface area contributed by atoms with E-state index in [1.807, 2.05) is 49.9 Å². The molecule has 0 atom stereocenters. The summed E-state index contributed by atoms with van der Waals surface area (Å²) in [6.45, 7) is 8.80. The topological polar surface area (TPSA) is 77.6 Å². The fourth-order valence-corrected chi connectivity index (χ4v) is 4.45. The van der Waals surface area contributed by atoms with Crippen LogP contribution in [0.4, 0.5) is 5.69 Å². The Morgan fingerprint density at radius 3 is 2.48 bits per heavy atom. The lowest BCUT2D eigenvalue weighted by molar-refractivity contribution is -0.113. The van der Waals surface area contributed by atoms with Crippen molar-refractivity contribution >= 4 is 23.4 Å². The zero-order chi connectivity index (χ0) is 23.5. The minimum atomic E-state index is -0.0670. The van der Waals surface area contributed by atoms with Crippen LogP contribution in [0.15, 0.2) is 53.8 Å². The van der Waals surface area contributed by atoms with Gasteiger partial charge in [-0.15, -0.1) is 10.2 Å². The summed E-state index contributed by atoms with van der Waals surface area (Å²) in [4.78, 5) is 12.6. The third-order valence-electron chi connectivity index (χ3n) is 5.43. The van der Waals surface area contributed by atoms with Crippen molar-refractivity contribution in [2.45, 2.75) is 39.4 Å². The second-order valence-electron chi connectivity index (χ2n) is 8.14. The monoisotopic (exact) mass is 460 g/mol. The molecule has 33 heavy (non-hydrogen) atoms. The van der Waals surface area contributed by atoms with Crippen LogP contribution >= 0.6 is 11.8 Å². The van der Waals surface area contributed by atoms with Crippen molar-refractivity contribution in [2.24, 2.45) is 7.05 Å². The van der Waals surface area contributed by atoms with Crippen LogP contribution in [0.2, 0.25) is 0 Å². The zero-order valence-electron chi connectivity index (χ0n) is 19.6. The Kier molecular flexibility index (Phi) is 6.65. The summed E-state index contributed by atoms with van der Waals surface area (Å²) in [5.41, 5.74) is 7.01. The van der Waals surface area contributed by atoms with Gasteiger partial charge in [0.15, 0.2) is 11.0 Å². The highest BCUT2D eigenvalue weighted by molar-refractivity contribution is 7.99. The van der Waals surface area contributed by atoms with E-state index in [1.165, 1.54) is 17.3 Å². The van der Waals surface area contributed by atoms with E-state index in [0.29, 0.717) is 11.7 Å². The molecule has 0 fully saturated rings. The number of nitrogens with one attached hydrogen (secondary N) is 1. The number of amides is 1. The van der Waals surface area contributed by atoms with E-state index in [1.54, 1.807) is 4.68 Å². The predicted octanol–water partition coefficient (Wildman–Crippen LogP) is 5.02. The first-order chi connectivity index (χ1) is 15.9. The third-order valence-corrected chi connectivity index (χ3v) is 6.39. The Morgan fingerprint density at radius 1 is 1.03 bits per heavy atom. The van der Waals surface area contributed by atoms with Crippen molar-refractivity contribution in [1.29, 1.82) is 0 Å². The summed E-state index contributed by atoms with van der Waals surface area (Å²) in [7, 11) is 1.90. The zero-order valence-corrected chi connectivity index (χ0v) is 20.4. The van der Waals surface area contributed by atoms with Gasteiger partial charge in [-0.25, -0.2) is 0 Å². The Hall–Kier alpha value is -3.39. The number of thioether (sulfide) groups is 1. The molecule has 2 aromatic heterocycles. The molecule has 1 N–H and O–H groups in total. The Morgan fingerprint density at radius 2 is 1.76 bits per heavy atom. The molecule has 0 aliphatic carbocycles. The van der Waals surface area contributed by atoms with Gasteiger partial charge < -0.3 is 9.88 Å². The highest BCUT2D eigenvalue weighted by Crippen LogP contribution is 2.32. The molecule has 0 bridgehead atoms. The number of nitrogens with zero attached hydrogens (tertiary/aromatic N) is 5. The van der Waals surface area contributed by atoms with Crippen LogP contribution < -0.4 is 5.32 Å². The van der Waals surface area contributed by atoms with Gasteiger partial charge in [0, 0.05) is 31.0 Å². The fraction of sp³-hybridized carbons (Fsp3) is 0.280. The molecule has 0 aliphatic heterocycles. The van der Waals surface area contributed by atoms with Crippen LogP contribution in [0.5, 0.6) is 0 Å². The number of carbonyl (C=O) groups is 1. The lowest BCUT2D eigenvalue weighted by Crippen LogP contribution is -2.15. The number of hydrogen-bond donors (Lipinski definition) is 1. The third kappa shape index (κ3) is 5.01. The van der Waals surface area contributed by atoms with E-state index < -0.39 is 0 Å². The van der Waals surface area contributed by atoms with E-state index in [0.717, 1.165) is 39.5 Å². The van der Waals surface area contributed by atoms with Crippen LogP contribution in [-0.4, -0.2) is 36.2 Å². The molecular weight excluding hydrogens is 432 g/mol. The highest BCUT2D eigenvalue weighted by Gasteiger charge is 2.20. The molecule has 0 aliphatic rings. The maximum atomic E-state index is 12.6. The van der Waals surface area contributed by atoms with Gasteiger partial charge in [0.05, 0.1) is 11.3 Å². The van der Waals surface area contributed by atoms with Crippen LogP contribution in [0, 0.1) is 20.8 Å². The molecule has 2 heterocycles. The molecular formula is C25H28N6OS. The number of aromatic nitrogens is 5. The first-order valence-corrected chi connectivity index (χ1v) is 11.9. The van der Waals surface area contributed by atoms with Crippen LogP contribution in [0.1, 0.15) is 23.6 Å². The molecule has 7 nitrogen and oxygen atoms in total. The highest BCUT2D eigenvalue weighted by atomic mass is 32.2. The van der Waals surface area contributed by atoms with Gasteiger partial charge in [-0.3, -0.25) is 9.48 Å². The van der Waals surface area contributed by atoms with Gasteiger partial charge in [-0.1, -0.05) is 53.7 Å². The van der Waals surface area contributed by atoms with Gasteiger partial charge in [0.25, 0.3) is 0 Å². The second-order valence-corrected chi connectivity index (χ2v) is 9.08. The first kappa shape index (κ1) is 22.8. The van der Waals surface area contributed by atoms with Crippen molar-refractivity contribution in [3.8, 4) is 22.6 Å². The molecule has 1 amide bonds. The van der Waals surface area contributed by atoms with Gasteiger partial charge in [0.1, 0.15) is 5.69 Å². The minimum absolute atomic E-state index is 0.0670. The largest absolute Gasteiger partial charge is 0.325 e. The molecule has 0 spiro atoms. The minimum Gasteiger partial charge on any atom is -0.325 e. The maximum Gasteiger partial charge on any atom is 0.234 e. The fourth-order valence-electron chi connectivity index (χ4n) is 3.64. The van der Waals surface area contributed by atoms with E-state index >= 15 is 0 Å².